The lowest BCUT2D eigenvalue weighted by molar-refractivity contribution is -0.384. The van der Waals surface area contributed by atoms with Crippen LogP contribution < -0.4 is 5.32 Å². The summed E-state index contributed by atoms with van der Waals surface area (Å²) in [4.78, 5) is 12.9. The minimum Gasteiger partial charge on any atom is -0.379 e. The molecule has 0 radical (unpaired) electrons. The molecule has 1 aromatic rings. The molecule has 6 heteroatoms. The SMILES string of the molecule is CC(C)N(C)CCCCNc1ccc(Br)cc1[N+](=O)[O-]. The Morgan fingerprint density at radius 2 is 2.10 bits per heavy atom. The fraction of sp³-hybridized carbons (Fsp3) is 0.571. The van der Waals surface area contributed by atoms with Crippen LogP contribution in [0.5, 0.6) is 0 Å². The smallest absolute Gasteiger partial charge is 0.293 e. The fourth-order valence-electron chi connectivity index (χ4n) is 1.77. The summed E-state index contributed by atoms with van der Waals surface area (Å²) in [5.74, 6) is 0. The van der Waals surface area contributed by atoms with E-state index in [-0.39, 0.29) is 10.6 Å². The zero-order valence-corrected chi connectivity index (χ0v) is 13.8. The van der Waals surface area contributed by atoms with Crippen molar-refractivity contribution in [1.29, 1.82) is 0 Å². The molecule has 1 N–H and O–H groups in total. The number of hydrogen-bond donors (Lipinski definition) is 1. The van der Waals surface area contributed by atoms with Gasteiger partial charge in [-0.25, -0.2) is 0 Å². The second-order valence-corrected chi connectivity index (χ2v) is 6.04. The van der Waals surface area contributed by atoms with Gasteiger partial charge in [0.25, 0.3) is 5.69 Å². The molecule has 1 aromatic carbocycles. The van der Waals surface area contributed by atoms with Crippen molar-refractivity contribution in [2.45, 2.75) is 32.7 Å². The van der Waals surface area contributed by atoms with Gasteiger partial charge in [0.05, 0.1) is 4.92 Å². The predicted octanol–water partition coefficient (Wildman–Crippen LogP) is 3.89. The van der Waals surface area contributed by atoms with Gasteiger partial charge in [-0.3, -0.25) is 10.1 Å². The molecule has 0 fully saturated rings. The van der Waals surface area contributed by atoms with Gasteiger partial charge in [0.1, 0.15) is 5.69 Å². The molecule has 0 heterocycles. The molecule has 0 aliphatic rings. The number of benzene rings is 1. The Hall–Kier alpha value is -1.14. The summed E-state index contributed by atoms with van der Waals surface area (Å²) in [5.41, 5.74) is 0.689. The number of nitro benzene ring substituents is 1. The maximum Gasteiger partial charge on any atom is 0.293 e. The van der Waals surface area contributed by atoms with E-state index in [1.54, 1.807) is 6.07 Å². The van der Waals surface area contributed by atoms with E-state index in [0.29, 0.717) is 16.2 Å². The average Bonchev–Trinajstić information content (AvgIpc) is 2.39. The summed E-state index contributed by atoms with van der Waals surface area (Å²) < 4.78 is 0.716. The van der Waals surface area contributed by atoms with Gasteiger partial charge in [-0.05, 0) is 52.4 Å². The molecule has 0 aliphatic carbocycles. The standard InChI is InChI=1S/C14H22BrN3O2/c1-11(2)17(3)9-5-4-8-16-13-7-6-12(15)10-14(13)18(19)20/h6-7,10-11,16H,4-5,8-9H2,1-3H3. The van der Waals surface area contributed by atoms with Gasteiger partial charge < -0.3 is 10.2 Å². The van der Waals surface area contributed by atoms with E-state index >= 15 is 0 Å². The van der Waals surface area contributed by atoms with E-state index in [9.17, 15) is 10.1 Å². The Labute approximate surface area is 128 Å². The molecule has 112 valence electrons. The van der Waals surface area contributed by atoms with Crippen molar-refractivity contribution in [2.24, 2.45) is 0 Å². The topological polar surface area (TPSA) is 58.4 Å². The lowest BCUT2D eigenvalue weighted by Gasteiger charge is -2.20. The normalized spacial score (nSPS) is 11.1. The fourth-order valence-corrected chi connectivity index (χ4v) is 2.12. The third kappa shape index (κ3) is 5.46. The Bertz CT molecular complexity index is 452. The first kappa shape index (κ1) is 16.9. The third-order valence-electron chi connectivity index (χ3n) is 3.29. The lowest BCUT2D eigenvalue weighted by atomic mass is 10.2. The van der Waals surface area contributed by atoms with E-state index in [0.717, 1.165) is 25.9 Å². The van der Waals surface area contributed by atoms with Gasteiger partial charge in [0, 0.05) is 23.1 Å². The molecule has 0 atom stereocenters. The van der Waals surface area contributed by atoms with Crippen molar-refractivity contribution in [3.63, 3.8) is 0 Å². The number of hydrogen-bond acceptors (Lipinski definition) is 4. The van der Waals surface area contributed by atoms with Gasteiger partial charge in [0.2, 0.25) is 0 Å². The summed E-state index contributed by atoms with van der Waals surface area (Å²) in [7, 11) is 2.11. The number of nitrogens with zero attached hydrogens (tertiary/aromatic N) is 2. The van der Waals surface area contributed by atoms with Crippen LogP contribution in [-0.4, -0.2) is 36.0 Å². The molecular formula is C14H22BrN3O2. The molecule has 0 spiro atoms. The molecule has 0 amide bonds. The summed E-state index contributed by atoms with van der Waals surface area (Å²) in [5, 5.41) is 14.1. The molecule has 0 saturated heterocycles. The van der Waals surface area contributed by atoms with Crippen LogP contribution in [0.1, 0.15) is 26.7 Å². The van der Waals surface area contributed by atoms with Crippen molar-refractivity contribution in [2.75, 3.05) is 25.5 Å². The third-order valence-corrected chi connectivity index (χ3v) is 3.78. The van der Waals surface area contributed by atoms with Crippen molar-refractivity contribution in [3.05, 3.63) is 32.8 Å². The molecule has 0 aromatic heterocycles. The van der Waals surface area contributed by atoms with Crippen LogP contribution in [0.3, 0.4) is 0 Å². The minimum absolute atomic E-state index is 0.110. The molecule has 5 nitrogen and oxygen atoms in total. The Morgan fingerprint density at radius 1 is 1.40 bits per heavy atom. The predicted molar refractivity (Wildman–Crippen MR) is 86.3 cm³/mol. The quantitative estimate of drug-likeness (QED) is 0.442. The van der Waals surface area contributed by atoms with E-state index in [1.165, 1.54) is 6.07 Å². The number of nitrogens with one attached hydrogen (secondary N) is 1. The van der Waals surface area contributed by atoms with E-state index in [2.05, 4.69) is 47.0 Å². The van der Waals surface area contributed by atoms with Crippen LogP contribution in [0.25, 0.3) is 0 Å². The van der Waals surface area contributed by atoms with E-state index in [1.807, 2.05) is 6.07 Å². The zero-order valence-electron chi connectivity index (χ0n) is 12.2. The van der Waals surface area contributed by atoms with E-state index < -0.39 is 0 Å². The summed E-state index contributed by atoms with van der Waals surface area (Å²) in [6.45, 7) is 6.13. The highest BCUT2D eigenvalue weighted by atomic mass is 79.9. The molecule has 0 aliphatic heterocycles. The molecule has 20 heavy (non-hydrogen) atoms. The van der Waals surface area contributed by atoms with Crippen LogP contribution in [0.4, 0.5) is 11.4 Å². The second-order valence-electron chi connectivity index (χ2n) is 5.13. The lowest BCUT2D eigenvalue weighted by Crippen LogP contribution is -2.27. The average molecular weight is 344 g/mol. The Morgan fingerprint density at radius 3 is 2.70 bits per heavy atom. The highest BCUT2D eigenvalue weighted by molar-refractivity contribution is 9.10. The largest absolute Gasteiger partial charge is 0.379 e. The van der Waals surface area contributed by atoms with Crippen molar-refractivity contribution in [1.82, 2.24) is 4.90 Å². The highest BCUT2D eigenvalue weighted by Crippen LogP contribution is 2.27. The summed E-state index contributed by atoms with van der Waals surface area (Å²) in [6, 6.07) is 5.62. The van der Waals surface area contributed by atoms with Crippen molar-refractivity contribution >= 4 is 27.3 Å². The highest BCUT2D eigenvalue weighted by Gasteiger charge is 2.13. The van der Waals surface area contributed by atoms with Crippen LogP contribution in [-0.2, 0) is 0 Å². The maximum atomic E-state index is 11.0. The first-order valence-electron chi connectivity index (χ1n) is 6.80. The summed E-state index contributed by atoms with van der Waals surface area (Å²) >= 11 is 3.25. The van der Waals surface area contributed by atoms with Gasteiger partial charge in [0.15, 0.2) is 0 Å². The molecule has 0 unspecified atom stereocenters. The first-order valence-corrected chi connectivity index (χ1v) is 7.59. The number of nitro groups is 1. The molecular weight excluding hydrogens is 322 g/mol. The maximum absolute atomic E-state index is 11.0. The monoisotopic (exact) mass is 343 g/mol. The number of rotatable bonds is 8. The van der Waals surface area contributed by atoms with Crippen molar-refractivity contribution in [3.8, 4) is 0 Å². The van der Waals surface area contributed by atoms with Crippen LogP contribution in [0, 0.1) is 10.1 Å². The minimum atomic E-state index is -0.361. The summed E-state index contributed by atoms with van der Waals surface area (Å²) in [6.07, 6.45) is 2.07. The molecule has 0 saturated carbocycles. The number of unbranched alkanes of at least 4 members (excludes halogenated alkanes) is 1. The van der Waals surface area contributed by atoms with Gasteiger partial charge in [-0.1, -0.05) is 15.9 Å². The van der Waals surface area contributed by atoms with Crippen LogP contribution in [0.15, 0.2) is 22.7 Å². The van der Waals surface area contributed by atoms with Gasteiger partial charge in [-0.15, -0.1) is 0 Å². The second kappa shape index (κ2) is 8.21. The Kier molecular flexibility index (Phi) is 6.95. The van der Waals surface area contributed by atoms with E-state index in [4.69, 9.17) is 0 Å². The molecule has 0 bridgehead atoms. The van der Waals surface area contributed by atoms with Crippen LogP contribution in [0.2, 0.25) is 0 Å². The first-order chi connectivity index (χ1) is 9.41. The van der Waals surface area contributed by atoms with Crippen LogP contribution >= 0.6 is 15.9 Å². The Balaban J connectivity index is 2.41. The number of halogens is 1. The molecule has 1 rings (SSSR count). The van der Waals surface area contributed by atoms with Gasteiger partial charge in [-0.2, -0.15) is 0 Å². The zero-order chi connectivity index (χ0) is 15.1. The van der Waals surface area contributed by atoms with Gasteiger partial charge >= 0.3 is 0 Å². The van der Waals surface area contributed by atoms with Crippen molar-refractivity contribution < 1.29 is 4.92 Å². The number of anilines is 1.